The van der Waals surface area contributed by atoms with Crippen molar-refractivity contribution in [2.24, 2.45) is 0 Å². The molecule has 2 unspecified atom stereocenters. The van der Waals surface area contributed by atoms with Gasteiger partial charge in [0.25, 0.3) is 0 Å². The lowest BCUT2D eigenvalue weighted by atomic mass is 9.87. The first-order chi connectivity index (χ1) is 19.2. The van der Waals surface area contributed by atoms with Gasteiger partial charge in [0, 0.05) is 34.4 Å². The molecule has 7 heteroatoms. The first kappa shape index (κ1) is 25.8. The van der Waals surface area contributed by atoms with E-state index in [0.717, 1.165) is 33.2 Å². The minimum atomic E-state index is -1.41. The molecular weight excluding hydrogens is 507 g/mol. The summed E-state index contributed by atoms with van der Waals surface area (Å²) in [5.74, 6) is 0.0378. The molecule has 202 valence electrons. The molecule has 2 aromatic heterocycles. The van der Waals surface area contributed by atoms with Crippen LogP contribution < -0.4 is 4.73 Å². The molecule has 0 spiro atoms. The van der Waals surface area contributed by atoms with Crippen LogP contribution in [0.4, 0.5) is 4.39 Å². The number of amides is 1. The highest BCUT2D eigenvalue weighted by atomic mass is 19.1. The number of carbonyl (C=O) groups excluding carboxylic acids is 1. The fraction of sp³-hybridized carbons (Fsp3) is 0.212. The third-order valence-corrected chi connectivity index (χ3v) is 7.82. The third-order valence-electron chi connectivity index (χ3n) is 7.82. The molecule has 6 rings (SSSR count). The molecule has 1 aliphatic rings. The maximum atomic E-state index is 13.8. The monoisotopic (exact) mass is 537 g/mol. The lowest BCUT2D eigenvalue weighted by Crippen LogP contribution is -2.41. The molecule has 5 aromatic rings. The third kappa shape index (κ3) is 4.73. The second-order valence-corrected chi connectivity index (χ2v) is 10.7. The highest BCUT2D eigenvalue weighted by Crippen LogP contribution is 2.37. The SMILES string of the molecule is Cc1ccc2c(c1)CCN(C(=O)Cc1ccc3oc(C(C)(O)c4cc[n+](O)cc4)cc3c1)C2c1ccc(F)cc1. The van der Waals surface area contributed by atoms with Crippen LogP contribution in [0.2, 0.25) is 0 Å². The van der Waals surface area contributed by atoms with Crippen LogP contribution in [-0.4, -0.2) is 27.7 Å². The number of benzene rings is 3. The van der Waals surface area contributed by atoms with Crippen LogP contribution in [0.3, 0.4) is 0 Å². The van der Waals surface area contributed by atoms with Gasteiger partial charge in [0.05, 0.1) is 12.5 Å². The van der Waals surface area contributed by atoms with Crippen LogP contribution in [0.15, 0.2) is 95.7 Å². The Bertz CT molecular complexity index is 1710. The zero-order valence-electron chi connectivity index (χ0n) is 22.3. The zero-order chi connectivity index (χ0) is 28.0. The molecule has 0 fully saturated rings. The standard InChI is InChI=1S/C33H30FN2O4/c1-21-3-9-28-24(17-21)11-16-36(32(28)23-5-7-27(34)8-6-23)31(37)19-22-4-10-29-25(18-22)20-30(40-29)33(2,38)26-12-14-35(39)15-13-26/h3-10,12-15,17-18,20,32,38-39H,11,16,19H2,1-2H3/q+1. The van der Waals surface area contributed by atoms with Crippen molar-refractivity contribution in [2.75, 3.05) is 6.54 Å². The molecule has 2 atom stereocenters. The molecule has 2 N–H and O–H groups in total. The predicted octanol–water partition coefficient (Wildman–Crippen LogP) is 5.38. The summed E-state index contributed by atoms with van der Waals surface area (Å²) in [6.45, 7) is 4.27. The summed E-state index contributed by atoms with van der Waals surface area (Å²) in [5.41, 5.74) is 4.93. The van der Waals surface area contributed by atoms with Crippen molar-refractivity contribution in [3.63, 3.8) is 0 Å². The van der Waals surface area contributed by atoms with Crippen LogP contribution in [0.25, 0.3) is 11.0 Å². The molecular formula is C33H30FN2O4+. The van der Waals surface area contributed by atoms with Gasteiger partial charge in [0.15, 0.2) is 0 Å². The molecule has 1 aliphatic heterocycles. The average molecular weight is 538 g/mol. The maximum Gasteiger partial charge on any atom is 0.227 e. The number of hydrogen-bond acceptors (Lipinski definition) is 4. The van der Waals surface area contributed by atoms with Gasteiger partial charge in [0.2, 0.25) is 18.3 Å². The van der Waals surface area contributed by atoms with Gasteiger partial charge >= 0.3 is 0 Å². The minimum Gasteiger partial charge on any atom is -0.458 e. The molecule has 0 radical (unpaired) electrons. The minimum absolute atomic E-state index is 0.0165. The molecule has 0 saturated carbocycles. The Labute approximate surface area is 231 Å². The number of furan rings is 1. The summed E-state index contributed by atoms with van der Waals surface area (Å²) in [5, 5.41) is 21.5. The van der Waals surface area contributed by atoms with Crippen LogP contribution >= 0.6 is 0 Å². The number of hydrogen-bond donors (Lipinski definition) is 2. The first-order valence-corrected chi connectivity index (χ1v) is 13.3. The molecule has 40 heavy (non-hydrogen) atoms. The fourth-order valence-electron chi connectivity index (χ4n) is 5.63. The van der Waals surface area contributed by atoms with E-state index < -0.39 is 5.60 Å². The summed E-state index contributed by atoms with van der Waals surface area (Å²) < 4.78 is 20.6. The van der Waals surface area contributed by atoms with Crippen molar-refractivity contribution in [3.8, 4) is 0 Å². The number of aryl methyl sites for hydroxylation is 1. The number of nitrogens with zero attached hydrogens (tertiary/aromatic N) is 2. The Morgan fingerprint density at radius 3 is 2.55 bits per heavy atom. The van der Waals surface area contributed by atoms with Crippen molar-refractivity contribution in [1.29, 1.82) is 0 Å². The van der Waals surface area contributed by atoms with Crippen molar-refractivity contribution in [3.05, 3.63) is 136 Å². The summed E-state index contributed by atoms with van der Waals surface area (Å²) >= 11 is 0. The van der Waals surface area contributed by atoms with Gasteiger partial charge in [-0.2, -0.15) is 0 Å². The van der Waals surface area contributed by atoms with Gasteiger partial charge in [0.1, 0.15) is 22.8 Å². The maximum absolute atomic E-state index is 13.8. The Morgan fingerprint density at radius 1 is 1.05 bits per heavy atom. The van der Waals surface area contributed by atoms with E-state index in [-0.39, 0.29) is 24.2 Å². The number of aliphatic hydroxyl groups is 1. The van der Waals surface area contributed by atoms with E-state index in [1.165, 1.54) is 35.7 Å². The molecule has 0 saturated heterocycles. The number of aromatic nitrogens is 1. The van der Waals surface area contributed by atoms with E-state index >= 15 is 0 Å². The van der Waals surface area contributed by atoms with Crippen LogP contribution in [0.5, 0.6) is 0 Å². The Hall–Kier alpha value is -4.49. The van der Waals surface area contributed by atoms with Crippen molar-refractivity contribution >= 4 is 16.9 Å². The van der Waals surface area contributed by atoms with E-state index in [1.807, 2.05) is 23.1 Å². The van der Waals surface area contributed by atoms with E-state index in [9.17, 15) is 19.5 Å². The topological polar surface area (TPSA) is 77.8 Å². The highest BCUT2D eigenvalue weighted by molar-refractivity contribution is 5.84. The lowest BCUT2D eigenvalue weighted by molar-refractivity contribution is -0.904. The molecule has 3 aromatic carbocycles. The summed E-state index contributed by atoms with van der Waals surface area (Å²) in [6.07, 6.45) is 3.83. The molecule has 6 nitrogen and oxygen atoms in total. The van der Waals surface area contributed by atoms with Gasteiger partial charge in [-0.05, 0) is 72.9 Å². The normalized spacial score (nSPS) is 16.5. The van der Waals surface area contributed by atoms with Gasteiger partial charge < -0.3 is 14.4 Å². The molecule has 0 aliphatic carbocycles. The van der Waals surface area contributed by atoms with Gasteiger partial charge in [-0.1, -0.05) is 42.0 Å². The predicted molar refractivity (Wildman–Crippen MR) is 147 cm³/mol. The Kier molecular flexibility index (Phi) is 6.39. The fourth-order valence-corrected chi connectivity index (χ4v) is 5.63. The largest absolute Gasteiger partial charge is 0.458 e. The number of pyridine rings is 1. The van der Waals surface area contributed by atoms with Crippen molar-refractivity contribution in [1.82, 2.24) is 4.90 Å². The molecule has 0 bridgehead atoms. The lowest BCUT2D eigenvalue weighted by Gasteiger charge is -2.38. The average Bonchev–Trinajstić information content (AvgIpc) is 3.37. The number of carbonyl (C=O) groups is 1. The summed E-state index contributed by atoms with van der Waals surface area (Å²) in [6, 6.07) is 23.0. The van der Waals surface area contributed by atoms with Gasteiger partial charge in [-0.3, -0.25) is 10.0 Å². The smallest absolute Gasteiger partial charge is 0.227 e. The Morgan fingerprint density at radius 2 is 1.80 bits per heavy atom. The molecule has 1 amide bonds. The van der Waals surface area contributed by atoms with E-state index in [1.54, 1.807) is 37.3 Å². The van der Waals surface area contributed by atoms with Gasteiger partial charge in [-0.25, -0.2) is 4.39 Å². The van der Waals surface area contributed by atoms with E-state index in [4.69, 9.17) is 4.42 Å². The molecule has 3 heterocycles. The zero-order valence-corrected chi connectivity index (χ0v) is 22.3. The number of fused-ring (bicyclic) bond motifs is 2. The van der Waals surface area contributed by atoms with E-state index in [2.05, 4.69) is 25.1 Å². The highest BCUT2D eigenvalue weighted by Gasteiger charge is 2.33. The summed E-state index contributed by atoms with van der Waals surface area (Å²) in [7, 11) is 0. The van der Waals surface area contributed by atoms with Crippen LogP contribution in [0, 0.1) is 12.7 Å². The van der Waals surface area contributed by atoms with Crippen molar-refractivity contribution < 1.29 is 28.6 Å². The second kappa shape index (κ2) is 9.92. The first-order valence-electron chi connectivity index (χ1n) is 13.3. The van der Waals surface area contributed by atoms with Crippen LogP contribution in [0.1, 0.15) is 52.1 Å². The Balaban J connectivity index is 1.29. The number of halogens is 1. The summed E-state index contributed by atoms with van der Waals surface area (Å²) in [4.78, 5) is 15.7. The number of rotatable bonds is 5. The van der Waals surface area contributed by atoms with Crippen molar-refractivity contribution in [2.45, 2.75) is 38.3 Å². The van der Waals surface area contributed by atoms with E-state index in [0.29, 0.717) is 23.5 Å². The van der Waals surface area contributed by atoms with Crippen LogP contribution in [-0.2, 0) is 23.2 Å². The van der Waals surface area contributed by atoms with Gasteiger partial charge in [-0.15, -0.1) is 0 Å². The quantitative estimate of drug-likeness (QED) is 0.233. The second-order valence-electron chi connectivity index (χ2n) is 10.7.